The van der Waals surface area contributed by atoms with Gasteiger partial charge in [0.25, 0.3) is 0 Å². The number of hydrogen-bond donors (Lipinski definition) is 0. The van der Waals surface area contributed by atoms with Crippen molar-refractivity contribution in [3.8, 4) is 0 Å². The highest BCUT2D eigenvalue weighted by Crippen LogP contribution is 2.48. The zero-order valence-corrected chi connectivity index (χ0v) is 85.4. The van der Waals surface area contributed by atoms with Crippen molar-refractivity contribution >= 4 is 45.2 Å². The highest BCUT2D eigenvalue weighted by Gasteiger charge is 2.59. The molecular weight excluding hydrogens is 1630 g/mol. The largest absolute Gasteiger partial charge is 0.462 e. The van der Waals surface area contributed by atoms with Crippen LogP contribution in [-0.4, -0.2) is 206 Å². The van der Waals surface area contributed by atoms with E-state index in [1.165, 1.54) is 0 Å². The Morgan fingerprint density at radius 1 is 0.447 bits per heavy atom. The van der Waals surface area contributed by atoms with E-state index < -0.39 is 149 Å². The van der Waals surface area contributed by atoms with Gasteiger partial charge in [0.05, 0.1) is 114 Å². The quantitative estimate of drug-likeness (QED) is 0.0382. The average molecular weight is 1790 g/mol. The Balaban J connectivity index is 0.882. The van der Waals surface area contributed by atoms with Gasteiger partial charge in [-0.05, 0) is 135 Å². The van der Waals surface area contributed by atoms with E-state index in [1.807, 2.05) is 101 Å². The van der Waals surface area contributed by atoms with Crippen LogP contribution in [0.4, 0.5) is 0 Å². The van der Waals surface area contributed by atoms with E-state index in [9.17, 15) is 0 Å². The zero-order chi connectivity index (χ0) is 90.9. The van der Waals surface area contributed by atoms with Gasteiger partial charge in [0, 0.05) is 30.1 Å². The minimum atomic E-state index is -2.60. The first-order chi connectivity index (χ1) is 57.2. The lowest BCUT2D eigenvalue weighted by Crippen LogP contribution is -2.62. The molecule has 0 spiro atoms. The van der Waals surface area contributed by atoms with Crippen LogP contribution in [0.25, 0.3) is 0 Å². The number of rotatable bonds is 40. The summed E-state index contributed by atoms with van der Waals surface area (Å²) in [6.45, 7) is 71.6. The molecule has 0 saturated carbocycles. The summed E-state index contributed by atoms with van der Waals surface area (Å²) in [7, 11) is -9.58. The molecule has 6 aliphatic rings. The third-order valence-electron chi connectivity index (χ3n) is 28.9. The zero-order valence-electron chi connectivity index (χ0n) is 81.4. The van der Waals surface area contributed by atoms with E-state index in [4.69, 9.17) is 93.5 Å². The minimum Gasteiger partial charge on any atom is -0.462 e. The first kappa shape index (κ1) is 103. The fourth-order valence-corrected chi connectivity index (χ4v) is 21.3. The second kappa shape index (κ2) is 43.4. The summed E-state index contributed by atoms with van der Waals surface area (Å²) in [5.74, 6) is -3.08. The van der Waals surface area contributed by atoms with Crippen LogP contribution in [-0.2, 0) is 123 Å². The maximum Gasteiger partial charge on any atom is 0.308 e. The third-order valence-corrected chi connectivity index (χ3v) is 47.0. The van der Waals surface area contributed by atoms with E-state index in [0.717, 1.165) is 23.1 Å². The molecule has 0 bridgehead atoms. The van der Waals surface area contributed by atoms with Gasteiger partial charge in [-0.25, -0.2) is 0 Å². The molecule has 3 aromatic rings. The molecule has 3 aromatic carbocycles. The van der Waals surface area contributed by atoms with Crippen molar-refractivity contribution in [3.05, 3.63) is 108 Å². The SMILES string of the molecule is CC[C@H](C)[C@H](C[C@@H](CC(=O)O[C@H]1C(C)OCC(O[C@@H]2OC(C)[C@H](O[C@@H]3OC[C@@H](OCc4ccccc4)C(O[C@@H]4OC[C@@H](OCc5ccccc5)C(OCc5ccccc5)C4C)C3C)C3OC(C)(C)OC32)C1C)O[Si](C)(C)C(C)(C)C)OC(=O)C[C@H](C[C@H](O[C@@H]1O[C@@H](CO[Si](C)(C)C(C)(C)C)C(O[Si](C)(C)C(C)(C)C)C1C)[C@@H](C)CC)O[Si](C)(C)C(C)(C)C. The summed E-state index contributed by atoms with van der Waals surface area (Å²) in [4.78, 5) is 30.3. The predicted molar refractivity (Wildman–Crippen MR) is 489 cm³/mol. The molecule has 0 amide bonds. The third kappa shape index (κ3) is 27.7. The number of esters is 2. The van der Waals surface area contributed by atoms with Crippen molar-refractivity contribution < 1.29 is 103 Å². The number of hydrogen-bond acceptors (Lipinski definition) is 22. The second-order valence-corrected chi connectivity index (χ2v) is 62.3. The molecule has 26 heteroatoms. The number of ether oxygens (including phenoxy) is 16. The summed E-state index contributed by atoms with van der Waals surface area (Å²) in [5.41, 5.74) is 3.12. The molecule has 0 radical (unpaired) electrons. The Morgan fingerprint density at radius 3 is 1.37 bits per heavy atom. The van der Waals surface area contributed by atoms with Gasteiger partial charge in [-0.1, -0.05) is 242 Å². The molecule has 6 heterocycles. The fraction of sp³-hybridized carbons (Fsp3) is 0.794. The van der Waals surface area contributed by atoms with Crippen molar-refractivity contribution in [1.29, 1.82) is 0 Å². The van der Waals surface area contributed by atoms with Crippen LogP contribution in [0.3, 0.4) is 0 Å². The Hall–Kier alpha value is -3.25. The van der Waals surface area contributed by atoms with Gasteiger partial charge >= 0.3 is 11.9 Å². The van der Waals surface area contributed by atoms with Gasteiger partial charge in [0.2, 0.25) is 0 Å². The molecule has 6 aliphatic heterocycles. The molecule has 0 aliphatic carbocycles. The smallest absolute Gasteiger partial charge is 0.308 e. The minimum absolute atomic E-state index is 0.00169. The monoisotopic (exact) mass is 1790 g/mol. The molecule has 123 heavy (non-hydrogen) atoms. The Morgan fingerprint density at radius 2 is 0.878 bits per heavy atom. The predicted octanol–water partition coefficient (Wildman–Crippen LogP) is 20.6. The van der Waals surface area contributed by atoms with Crippen molar-refractivity contribution in [2.24, 2.45) is 35.5 Å². The summed E-state index contributed by atoms with van der Waals surface area (Å²) in [5, 5.41) is -0.413. The molecule has 6 saturated heterocycles. The van der Waals surface area contributed by atoms with Gasteiger partial charge in [-0.3, -0.25) is 9.59 Å². The highest BCUT2D eigenvalue weighted by atomic mass is 28.4. The first-order valence-electron chi connectivity index (χ1n) is 46.4. The molecule has 0 aromatic heterocycles. The lowest BCUT2D eigenvalue weighted by Gasteiger charge is -2.48. The van der Waals surface area contributed by atoms with Crippen LogP contribution in [0.15, 0.2) is 91.0 Å². The molecule has 700 valence electrons. The van der Waals surface area contributed by atoms with Gasteiger partial charge in [0.15, 0.2) is 64.2 Å². The maximum absolute atomic E-state index is 15.2. The Labute approximate surface area is 745 Å². The first-order valence-corrected chi connectivity index (χ1v) is 58.0. The second-order valence-electron chi connectivity index (χ2n) is 43.2. The van der Waals surface area contributed by atoms with Gasteiger partial charge < -0.3 is 93.5 Å². The van der Waals surface area contributed by atoms with Gasteiger partial charge in [-0.2, -0.15) is 0 Å². The molecule has 9 rings (SSSR count). The Kier molecular flexibility index (Phi) is 36.5. The van der Waals surface area contributed by atoms with E-state index in [2.05, 4.69) is 208 Å². The summed E-state index contributed by atoms with van der Waals surface area (Å²) in [6, 6.07) is 30.3. The molecular formula is C97H164O22Si4. The van der Waals surface area contributed by atoms with Gasteiger partial charge in [0.1, 0.15) is 48.8 Å². The van der Waals surface area contributed by atoms with Crippen molar-refractivity contribution in [2.45, 2.75) is 432 Å². The van der Waals surface area contributed by atoms with E-state index in [0.29, 0.717) is 39.3 Å². The standard InChI is InChI=1S/C97H164O22Si4/c1-33-61(3)74(108-80(98)52-73(118-122(29,30)95(17,18)19)51-75(62(4)34-2)109-91-66(8)85(119-123(31,32)96(20,21)22)79(111-91)60-106-120(25,26)93(11,12)13)50-72(117-121(27,28)94(14,15)16)53-81(99)112-82-63(5)76(57-100-67(82)9)110-92-88-87(115-97(23,24)116-88)86(68(10)107-92)114-90-65(7)84(78(59-105-90)102-55-70-46-40-36-41-47-70)113-89-64(6)83(103-56-71-48-42-37-43-49-71)77(58-104-89)101-54-69-44-38-35-39-45-69/h35-49,61-68,72-79,82-92H,33-34,50-60H2,1-32H3/t61-,62-,63?,64?,65?,66?,67?,68?,72-,73-,74-,75-,76?,77+,78+,79-,82+,83?,84?,85?,86-,87?,88?,89-,90-,91+,92-/m0/s1. The van der Waals surface area contributed by atoms with Crippen LogP contribution in [0.1, 0.15) is 221 Å². The van der Waals surface area contributed by atoms with Crippen LogP contribution in [0.5, 0.6) is 0 Å². The van der Waals surface area contributed by atoms with Crippen molar-refractivity contribution in [2.75, 3.05) is 26.4 Å². The van der Waals surface area contributed by atoms with Crippen LogP contribution < -0.4 is 0 Å². The van der Waals surface area contributed by atoms with E-state index in [-0.39, 0.29) is 125 Å². The lowest BCUT2D eigenvalue weighted by molar-refractivity contribution is -0.351. The topological polar surface area (TPSA) is 219 Å². The summed E-state index contributed by atoms with van der Waals surface area (Å²) in [6.07, 6.45) is -10.0. The van der Waals surface area contributed by atoms with Gasteiger partial charge in [-0.15, -0.1) is 0 Å². The molecule has 0 N–H and O–H groups in total. The van der Waals surface area contributed by atoms with Crippen LogP contribution in [0, 0.1) is 35.5 Å². The van der Waals surface area contributed by atoms with Crippen molar-refractivity contribution in [3.63, 3.8) is 0 Å². The Bertz CT molecular complexity index is 3680. The number of carbonyl (C=O) groups is 2. The van der Waals surface area contributed by atoms with E-state index in [1.54, 1.807) is 0 Å². The average Bonchev–Trinajstić information content (AvgIpc) is 1.62. The number of carbonyl (C=O) groups excluding carboxylic acids is 2. The summed E-state index contributed by atoms with van der Waals surface area (Å²) < 4.78 is 139. The summed E-state index contributed by atoms with van der Waals surface area (Å²) >= 11 is 0. The number of fused-ring (bicyclic) bond motifs is 1. The van der Waals surface area contributed by atoms with Crippen molar-refractivity contribution in [1.82, 2.24) is 0 Å². The molecule has 27 atom stereocenters. The van der Waals surface area contributed by atoms with Crippen LogP contribution >= 0.6 is 0 Å². The molecule has 6 fully saturated rings. The number of benzene rings is 3. The molecule has 22 nitrogen and oxygen atoms in total. The maximum atomic E-state index is 15.2. The normalized spacial score (nSPS) is 31.6. The lowest BCUT2D eigenvalue weighted by atomic mass is 9.91. The highest BCUT2D eigenvalue weighted by molar-refractivity contribution is 6.75. The van der Waals surface area contributed by atoms with Crippen LogP contribution in [0.2, 0.25) is 72.5 Å². The van der Waals surface area contributed by atoms with E-state index >= 15 is 9.59 Å². The molecule has 12 unspecified atom stereocenters. The fourth-order valence-electron chi connectivity index (χ4n) is 16.2.